The van der Waals surface area contributed by atoms with Crippen molar-refractivity contribution in [1.29, 1.82) is 0 Å². The Labute approximate surface area is 79.6 Å². The van der Waals surface area contributed by atoms with E-state index in [9.17, 15) is 8.42 Å². The molecule has 1 N–H and O–H groups in total. The van der Waals surface area contributed by atoms with Crippen LogP contribution in [0.1, 0.15) is 19.3 Å². The van der Waals surface area contributed by atoms with Gasteiger partial charge in [-0.1, -0.05) is 0 Å². The molecule has 1 unspecified atom stereocenters. The maximum absolute atomic E-state index is 11.2. The van der Waals surface area contributed by atoms with Crippen LogP contribution in [0.3, 0.4) is 0 Å². The Hall–Kier alpha value is -0.130. The summed E-state index contributed by atoms with van der Waals surface area (Å²) >= 11 is 0. The van der Waals surface area contributed by atoms with E-state index in [0.717, 1.165) is 12.8 Å². The van der Waals surface area contributed by atoms with Crippen molar-refractivity contribution in [2.24, 2.45) is 5.92 Å². The van der Waals surface area contributed by atoms with Gasteiger partial charge in [0.05, 0.1) is 6.26 Å². The Morgan fingerprint density at radius 3 is 2.77 bits per heavy atom. The fourth-order valence-corrected chi connectivity index (χ4v) is 2.69. The van der Waals surface area contributed by atoms with E-state index in [-0.39, 0.29) is 6.61 Å². The Morgan fingerprint density at radius 2 is 2.23 bits per heavy atom. The molecule has 1 aliphatic heterocycles. The lowest BCUT2D eigenvalue weighted by atomic mass is 9.97. The maximum atomic E-state index is 11.2. The molecule has 1 heterocycles. The third kappa shape index (κ3) is 3.25. The van der Waals surface area contributed by atoms with Crippen molar-refractivity contribution in [3.8, 4) is 0 Å². The van der Waals surface area contributed by atoms with Crippen molar-refractivity contribution in [3.63, 3.8) is 0 Å². The van der Waals surface area contributed by atoms with E-state index in [2.05, 4.69) is 0 Å². The van der Waals surface area contributed by atoms with Crippen LogP contribution in [0.15, 0.2) is 0 Å². The first-order valence-electron chi connectivity index (χ1n) is 4.60. The van der Waals surface area contributed by atoms with E-state index >= 15 is 0 Å². The molecule has 0 amide bonds. The van der Waals surface area contributed by atoms with Crippen LogP contribution in [-0.4, -0.2) is 43.8 Å². The third-order valence-corrected chi connectivity index (χ3v) is 3.76. The van der Waals surface area contributed by atoms with Gasteiger partial charge in [0, 0.05) is 19.7 Å². The zero-order chi connectivity index (χ0) is 9.90. The Bertz CT molecular complexity index is 248. The van der Waals surface area contributed by atoms with Crippen molar-refractivity contribution in [2.45, 2.75) is 19.3 Å². The molecule has 0 radical (unpaired) electrons. The summed E-state index contributed by atoms with van der Waals surface area (Å²) < 4.78 is 23.9. The molecule has 0 aliphatic carbocycles. The van der Waals surface area contributed by atoms with Gasteiger partial charge in [-0.3, -0.25) is 0 Å². The SMILES string of the molecule is CS(=O)(=O)N1CCCC(CCO)C1. The van der Waals surface area contributed by atoms with Gasteiger partial charge in [0.1, 0.15) is 0 Å². The van der Waals surface area contributed by atoms with Crippen LogP contribution in [0.2, 0.25) is 0 Å². The molecule has 4 nitrogen and oxygen atoms in total. The Balaban J connectivity index is 2.52. The van der Waals surface area contributed by atoms with E-state index < -0.39 is 10.0 Å². The van der Waals surface area contributed by atoms with Crippen LogP contribution in [0, 0.1) is 5.92 Å². The molecular formula is C8H17NO3S. The quantitative estimate of drug-likeness (QED) is 0.711. The van der Waals surface area contributed by atoms with Crippen LogP contribution in [-0.2, 0) is 10.0 Å². The standard InChI is InChI=1S/C8H17NO3S/c1-13(11,12)9-5-2-3-8(7-9)4-6-10/h8,10H,2-7H2,1H3. The van der Waals surface area contributed by atoms with Crippen molar-refractivity contribution in [2.75, 3.05) is 26.0 Å². The smallest absolute Gasteiger partial charge is 0.211 e. The Kier molecular flexibility index (Phi) is 3.70. The van der Waals surface area contributed by atoms with Gasteiger partial charge in [0.15, 0.2) is 0 Å². The second-order valence-electron chi connectivity index (χ2n) is 3.64. The number of hydrogen-bond donors (Lipinski definition) is 1. The molecule has 1 rings (SSSR count). The highest BCUT2D eigenvalue weighted by Gasteiger charge is 2.25. The molecule has 1 atom stereocenters. The predicted octanol–water partition coefficient (Wildman–Crippen LogP) is 0.0404. The molecule has 0 aromatic rings. The van der Waals surface area contributed by atoms with Gasteiger partial charge in [-0.2, -0.15) is 0 Å². The second kappa shape index (κ2) is 4.39. The summed E-state index contributed by atoms with van der Waals surface area (Å²) in [7, 11) is -3.03. The number of piperidine rings is 1. The van der Waals surface area contributed by atoms with E-state index in [1.165, 1.54) is 10.6 Å². The average Bonchev–Trinajstić information content (AvgIpc) is 2.04. The van der Waals surface area contributed by atoms with Gasteiger partial charge < -0.3 is 5.11 Å². The maximum Gasteiger partial charge on any atom is 0.211 e. The van der Waals surface area contributed by atoms with Crippen LogP contribution in [0.4, 0.5) is 0 Å². The molecule has 0 aromatic heterocycles. The molecule has 13 heavy (non-hydrogen) atoms. The molecule has 5 heteroatoms. The lowest BCUT2D eigenvalue weighted by Gasteiger charge is -2.30. The number of aliphatic hydroxyl groups is 1. The second-order valence-corrected chi connectivity index (χ2v) is 5.62. The minimum atomic E-state index is -3.03. The van der Waals surface area contributed by atoms with Gasteiger partial charge in [-0.25, -0.2) is 12.7 Å². The number of hydrogen-bond acceptors (Lipinski definition) is 3. The summed E-state index contributed by atoms with van der Waals surface area (Å²) in [5.74, 6) is 0.341. The molecule has 0 bridgehead atoms. The van der Waals surface area contributed by atoms with E-state index in [0.29, 0.717) is 25.4 Å². The largest absolute Gasteiger partial charge is 0.396 e. The van der Waals surface area contributed by atoms with E-state index in [1.54, 1.807) is 0 Å². The molecule has 78 valence electrons. The highest BCUT2D eigenvalue weighted by atomic mass is 32.2. The van der Waals surface area contributed by atoms with Crippen molar-refractivity contribution in [3.05, 3.63) is 0 Å². The molecule has 0 aromatic carbocycles. The number of aliphatic hydroxyl groups excluding tert-OH is 1. The summed E-state index contributed by atoms with van der Waals surface area (Å²) in [5.41, 5.74) is 0. The van der Waals surface area contributed by atoms with Gasteiger partial charge in [-0.15, -0.1) is 0 Å². The summed E-state index contributed by atoms with van der Waals surface area (Å²) in [6.07, 6.45) is 3.91. The third-order valence-electron chi connectivity index (χ3n) is 2.49. The van der Waals surface area contributed by atoms with Gasteiger partial charge in [0.2, 0.25) is 10.0 Å². The van der Waals surface area contributed by atoms with Crippen LogP contribution >= 0.6 is 0 Å². The van der Waals surface area contributed by atoms with Crippen LogP contribution in [0.25, 0.3) is 0 Å². The molecule has 1 saturated heterocycles. The first-order chi connectivity index (χ1) is 6.04. The Morgan fingerprint density at radius 1 is 1.54 bits per heavy atom. The minimum absolute atomic E-state index is 0.155. The van der Waals surface area contributed by atoms with Crippen molar-refractivity contribution < 1.29 is 13.5 Å². The average molecular weight is 207 g/mol. The molecular weight excluding hydrogens is 190 g/mol. The number of nitrogens with zero attached hydrogens (tertiary/aromatic N) is 1. The first kappa shape index (κ1) is 10.9. The first-order valence-corrected chi connectivity index (χ1v) is 6.45. The lowest BCUT2D eigenvalue weighted by Crippen LogP contribution is -2.39. The van der Waals surface area contributed by atoms with Crippen LogP contribution in [0.5, 0.6) is 0 Å². The summed E-state index contributed by atoms with van der Waals surface area (Å²) in [4.78, 5) is 0. The summed E-state index contributed by atoms with van der Waals surface area (Å²) in [6.45, 7) is 1.38. The topological polar surface area (TPSA) is 57.6 Å². The van der Waals surface area contributed by atoms with Gasteiger partial charge in [-0.05, 0) is 25.2 Å². The molecule has 0 spiro atoms. The molecule has 0 saturated carbocycles. The van der Waals surface area contributed by atoms with E-state index in [1.807, 2.05) is 0 Å². The lowest BCUT2D eigenvalue weighted by molar-refractivity contribution is 0.203. The normalized spacial score (nSPS) is 26.2. The van der Waals surface area contributed by atoms with Gasteiger partial charge in [0.25, 0.3) is 0 Å². The zero-order valence-corrected chi connectivity index (χ0v) is 8.76. The fourth-order valence-electron chi connectivity index (χ4n) is 1.75. The number of rotatable bonds is 3. The molecule has 1 aliphatic rings. The molecule has 1 fully saturated rings. The highest BCUT2D eigenvalue weighted by Crippen LogP contribution is 2.20. The number of sulfonamides is 1. The van der Waals surface area contributed by atoms with Gasteiger partial charge >= 0.3 is 0 Å². The highest BCUT2D eigenvalue weighted by molar-refractivity contribution is 7.88. The predicted molar refractivity (Wildman–Crippen MR) is 50.8 cm³/mol. The zero-order valence-electron chi connectivity index (χ0n) is 7.94. The summed E-state index contributed by atoms with van der Waals surface area (Å²) in [6, 6.07) is 0. The van der Waals surface area contributed by atoms with Crippen molar-refractivity contribution in [1.82, 2.24) is 4.31 Å². The van der Waals surface area contributed by atoms with Crippen molar-refractivity contribution >= 4 is 10.0 Å². The fraction of sp³-hybridized carbons (Fsp3) is 1.00. The summed E-state index contributed by atoms with van der Waals surface area (Å²) in [5, 5.41) is 8.74. The monoisotopic (exact) mass is 207 g/mol. The van der Waals surface area contributed by atoms with Crippen LogP contribution < -0.4 is 0 Å². The minimum Gasteiger partial charge on any atom is -0.396 e. The van der Waals surface area contributed by atoms with E-state index in [4.69, 9.17) is 5.11 Å².